The van der Waals surface area contributed by atoms with Crippen molar-refractivity contribution in [3.05, 3.63) is 65.8 Å². The summed E-state index contributed by atoms with van der Waals surface area (Å²) in [5, 5.41) is 16.7. The van der Waals surface area contributed by atoms with Crippen LogP contribution in [0, 0.1) is 11.8 Å². The largest absolute Gasteiger partial charge is 0.459 e. The number of carbonyl (C=O) groups is 7. The van der Waals surface area contributed by atoms with E-state index < -0.39 is 48.1 Å². The summed E-state index contributed by atoms with van der Waals surface area (Å²) in [7, 11) is 0. The Hall–Kier alpha value is -5.83. The lowest BCUT2D eigenvalue weighted by molar-refractivity contribution is -0.143. The van der Waals surface area contributed by atoms with E-state index in [-0.39, 0.29) is 92.2 Å². The molecule has 3 heterocycles. The minimum absolute atomic E-state index is 0.0155. The Bertz CT molecular complexity index is 2060. The molecular formula is C52H80N8O12. The molecule has 0 radical (unpaired) electrons. The zero-order valence-electron chi connectivity index (χ0n) is 43.1. The van der Waals surface area contributed by atoms with E-state index in [9.17, 15) is 33.6 Å². The average Bonchev–Trinajstić information content (AvgIpc) is 4.07. The summed E-state index contributed by atoms with van der Waals surface area (Å²) in [6.07, 6.45) is 13.1. The van der Waals surface area contributed by atoms with Gasteiger partial charge in [0.25, 0.3) is 0 Å². The average molecular weight is 1010 g/mol. The smallest absolute Gasteiger partial charge is 0.407 e. The van der Waals surface area contributed by atoms with Crippen LogP contribution in [0.1, 0.15) is 118 Å². The molecule has 3 saturated heterocycles. The number of allylic oxidation sites excluding steroid dienone is 2. The Morgan fingerprint density at radius 2 is 1.64 bits per heavy atom. The van der Waals surface area contributed by atoms with Gasteiger partial charge in [0.05, 0.1) is 42.7 Å². The number of amides is 7. The summed E-state index contributed by atoms with van der Waals surface area (Å²) in [4.78, 5) is 87.4. The van der Waals surface area contributed by atoms with E-state index >= 15 is 0 Å². The number of epoxide rings is 1. The highest BCUT2D eigenvalue weighted by atomic mass is 16.6. The van der Waals surface area contributed by atoms with E-state index in [1.807, 2.05) is 26.0 Å². The van der Waals surface area contributed by atoms with Crippen molar-refractivity contribution in [3.63, 3.8) is 0 Å². The van der Waals surface area contributed by atoms with Gasteiger partial charge in [-0.3, -0.25) is 24.0 Å². The van der Waals surface area contributed by atoms with Crippen LogP contribution in [-0.2, 0) is 54.3 Å². The summed E-state index contributed by atoms with van der Waals surface area (Å²) in [5.74, 6) is -1.99. The Kier molecular flexibility index (Phi) is 24.2. The fourth-order valence-corrected chi connectivity index (χ4v) is 8.62. The van der Waals surface area contributed by atoms with E-state index in [4.69, 9.17) is 35.2 Å². The number of nitrogens with one attached hydrogen (secondary N) is 6. The first-order valence-electron chi connectivity index (χ1n) is 25.3. The third kappa shape index (κ3) is 21.5. The van der Waals surface area contributed by atoms with Crippen molar-refractivity contribution >= 4 is 47.4 Å². The van der Waals surface area contributed by atoms with Crippen molar-refractivity contribution < 1.29 is 57.2 Å². The van der Waals surface area contributed by atoms with Gasteiger partial charge in [-0.05, 0) is 101 Å². The van der Waals surface area contributed by atoms with Crippen LogP contribution >= 0.6 is 0 Å². The van der Waals surface area contributed by atoms with Crippen LogP contribution in [0.4, 0.5) is 15.3 Å². The molecule has 3 aliphatic rings. The van der Waals surface area contributed by atoms with Crippen LogP contribution in [-0.4, -0.2) is 122 Å². The number of unbranched alkanes of at least 4 members (excludes halogenated alkanes) is 2. The summed E-state index contributed by atoms with van der Waals surface area (Å²) in [5.41, 5.74) is 12.6. The van der Waals surface area contributed by atoms with Crippen LogP contribution in [0.2, 0.25) is 0 Å². The molecule has 72 heavy (non-hydrogen) atoms. The second-order valence-electron chi connectivity index (χ2n) is 19.6. The first-order valence-corrected chi connectivity index (χ1v) is 25.3. The van der Waals surface area contributed by atoms with Gasteiger partial charge in [0.2, 0.25) is 23.6 Å². The number of anilines is 1. The molecule has 10 N–H and O–H groups in total. The van der Waals surface area contributed by atoms with Gasteiger partial charge in [-0.2, -0.15) is 0 Å². The van der Waals surface area contributed by atoms with Crippen LogP contribution in [0.5, 0.6) is 0 Å². The Balaban J connectivity index is 1.22. The Labute approximate surface area is 424 Å². The van der Waals surface area contributed by atoms with Gasteiger partial charge in [-0.15, -0.1) is 0 Å². The maximum atomic E-state index is 13.5. The predicted octanol–water partition coefficient (Wildman–Crippen LogP) is 4.46. The van der Waals surface area contributed by atoms with Crippen molar-refractivity contribution in [2.24, 2.45) is 23.3 Å². The monoisotopic (exact) mass is 1010 g/mol. The van der Waals surface area contributed by atoms with Gasteiger partial charge < -0.3 is 67.1 Å². The standard InChI is InChI=1S/C52H80N8O12/c1-32(2)47(60-45(62)13-9-8-10-24-53)49(65)59-42(12-11-25-55-50(54)66)48(64)57-39-19-17-38(18-20-39)30-68-51(67)56-29-41-28-52(31-69-52)27-40(72-41)21-14-33(3)15-22-44-34(4)26-43(36(6)71-44)58-46(63)23-16-35(5)70-37(7)61/h14-21,23,32,34-36,40-44,47H,8-13,22,24-31,53H2,1-7H3,(H,56,67)(H,57,64)(H,58,63)(H,59,65)(H,60,62)(H3,54,55,66)/b21-14+,23-16-,33-15+/t34-,35-,36+,40+,41-,42-,43+,44-,47-,52+/m0/s1. The number of hydrogen-bond donors (Lipinski definition) is 8. The molecule has 0 aliphatic carbocycles. The molecule has 400 valence electrons. The number of alkyl carbamates (subject to hydrolysis) is 1. The number of benzene rings is 1. The lowest BCUT2D eigenvalue weighted by atomic mass is 9.88. The Morgan fingerprint density at radius 3 is 2.31 bits per heavy atom. The number of nitrogens with two attached hydrogens (primary N) is 2. The predicted molar refractivity (Wildman–Crippen MR) is 271 cm³/mol. The highest BCUT2D eigenvalue weighted by molar-refractivity contribution is 5.98. The maximum Gasteiger partial charge on any atom is 0.407 e. The number of primary amides is 1. The Morgan fingerprint density at radius 1 is 0.903 bits per heavy atom. The number of esters is 1. The van der Waals surface area contributed by atoms with Crippen molar-refractivity contribution in [3.8, 4) is 0 Å². The third-order valence-corrected chi connectivity index (χ3v) is 12.8. The summed E-state index contributed by atoms with van der Waals surface area (Å²) >= 11 is 0. The van der Waals surface area contributed by atoms with Crippen molar-refractivity contribution in [2.75, 3.05) is 31.6 Å². The molecule has 4 rings (SSSR count). The van der Waals surface area contributed by atoms with Gasteiger partial charge in [0, 0.05) is 51.0 Å². The molecule has 3 fully saturated rings. The fourth-order valence-electron chi connectivity index (χ4n) is 8.62. The second kappa shape index (κ2) is 29.6. The minimum Gasteiger partial charge on any atom is -0.459 e. The molecule has 0 saturated carbocycles. The highest BCUT2D eigenvalue weighted by Gasteiger charge is 2.51. The molecule has 1 spiro atoms. The molecule has 1 aromatic carbocycles. The normalized spacial score (nSPS) is 24.2. The quantitative estimate of drug-likeness (QED) is 0.0199. The van der Waals surface area contributed by atoms with Crippen LogP contribution < -0.4 is 43.4 Å². The van der Waals surface area contributed by atoms with E-state index in [0.29, 0.717) is 56.5 Å². The molecular weight excluding hydrogens is 929 g/mol. The molecule has 3 aliphatic heterocycles. The summed E-state index contributed by atoms with van der Waals surface area (Å²) in [6.45, 7) is 14.3. The first kappa shape index (κ1) is 58.7. The molecule has 20 heteroatoms. The number of rotatable bonds is 27. The van der Waals surface area contributed by atoms with Crippen molar-refractivity contribution in [2.45, 2.75) is 174 Å². The summed E-state index contributed by atoms with van der Waals surface area (Å²) < 4.78 is 29.1. The minimum atomic E-state index is -0.995. The second-order valence-corrected chi connectivity index (χ2v) is 19.6. The van der Waals surface area contributed by atoms with Gasteiger partial charge in [0.1, 0.15) is 24.8 Å². The maximum absolute atomic E-state index is 13.5. The van der Waals surface area contributed by atoms with Gasteiger partial charge in [-0.1, -0.05) is 63.1 Å². The fraction of sp³-hybridized carbons (Fsp3) is 0.635. The van der Waals surface area contributed by atoms with Gasteiger partial charge in [-0.25, -0.2) is 9.59 Å². The van der Waals surface area contributed by atoms with Crippen LogP contribution in [0.25, 0.3) is 0 Å². The lowest BCUT2D eigenvalue weighted by Crippen LogP contribution is -2.54. The van der Waals surface area contributed by atoms with E-state index in [1.54, 1.807) is 51.1 Å². The molecule has 0 aromatic heterocycles. The third-order valence-electron chi connectivity index (χ3n) is 12.8. The van der Waals surface area contributed by atoms with Crippen LogP contribution in [0.15, 0.2) is 60.2 Å². The SMILES string of the molecule is CC(=O)O[C@@H](C)/C=C\C(=O)N[C@@H]1C[C@H](C)[C@H](C/C=C(C)/C=C/[C@@H]2C[C@]3(CO3)C[C@@H](CNC(=O)OCc3ccc(NC(=O)[C@H](CCCNC(N)=O)NC(=O)[C@@H](NC(=O)CCCCCN)C(C)C)cc3)O2)O[C@@H]1C. The van der Waals surface area contributed by atoms with E-state index in [1.165, 1.54) is 13.0 Å². The summed E-state index contributed by atoms with van der Waals surface area (Å²) in [6, 6.07) is 4.00. The number of hydrogen-bond acceptors (Lipinski definition) is 13. The van der Waals surface area contributed by atoms with Gasteiger partial charge in [0.15, 0.2) is 0 Å². The van der Waals surface area contributed by atoms with E-state index in [0.717, 1.165) is 24.8 Å². The van der Waals surface area contributed by atoms with Crippen molar-refractivity contribution in [1.82, 2.24) is 26.6 Å². The number of urea groups is 1. The lowest BCUT2D eigenvalue weighted by Gasteiger charge is -2.39. The number of carbonyl (C=O) groups excluding carboxylic acids is 7. The van der Waals surface area contributed by atoms with Crippen molar-refractivity contribution in [1.29, 1.82) is 0 Å². The molecule has 0 unspecified atom stereocenters. The number of ether oxygens (including phenoxy) is 5. The first-order chi connectivity index (χ1) is 34.2. The molecule has 0 bridgehead atoms. The topological polar surface area (TPSA) is 293 Å². The zero-order chi connectivity index (χ0) is 52.8. The molecule has 7 amide bonds. The van der Waals surface area contributed by atoms with Crippen LogP contribution in [0.3, 0.4) is 0 Å². The molecule has 20 nitrogen and oxygen atoms in total. The molecule has 1 aromatic rings. The van der Waals surface area contributed by atoms with Gasteiger partial charge >= 0.3 is 18.1 Å². The molecule has 10 atom stereocenters. The van der Waals surface area contributed by atoms with E-state index in [2.05, 4.69) is 44.9 Å². The highest BCUT2D eigenvalue weighted by Crippen LogP contribution is 2.42. The zero-order valence-corrected chi connectivity index (χ0v) is 43.1.